The number of carbonyl (C=O) groups excluding carboxylic acids is 2. The van der Waals surface area contributed by atoms with Crippen LogP contribution in [0.1, 0.15) is 10.4 Å². The van der Waals surface area contributed by atoms with Crippen molar-refractivity contribution in [2.75, 3.05) is 18.1 Å². The molecule has 2 aromatic rings. The quantitative estimate of drug-likeness (QED) is 0.455. The third-order valence-corrected chi connectivity index (χ3v) is 4.16. The van der Waals surface area contributed by atoms with Crippen LogP contribution < -0.4 is 10.6 Å². The van der Waals surface area contributed by atoms with Gasteiger partial charge in [0.2, 0.25) is 5.91 Å². The van der Waals surface area contributed by atoms with Gasteiger partial charge in [-0.05, 0) is 42.7 Å². The normalized spacial score (nSPS) is 10.2. The number of nitrogens with zero attached hydrogens (tertiary/aromatic N) is 1. The molecule has 0 bridgehead atoms. The van der Waals surface area contributed by atoms with Gasteiger partial charge in [-0.3, -0.25) is 19.7 Å². The molecular weight excluding hydrogens is 366 g/mol. The molecule has 9 heteroatoms. The highest BCUT2D eigenvalue weighted by Crippen LogP contribution is 2.24. The molecule has 0 aliphatic carbocycles. The van der Waals surface area contributed by atoms with Crippen LogP contribution in [0.15, 0.2) is 47.4 Å². The number of rotatable bonds is 6. The van der Waals surface area contributed by atoms with E-state index >= 15 is 0 Å². The number of nitro benzene ring substituents is 1. The van der Waals surface area contributed by atoms with Gasteiger partial charge >= 0.3 is 0 Å². The minimum absolute atomic E-state index is 0.0869. The first-order chi connectivity index (χ1) is 11.9. The van der Waals surface area contributed by atoms with Crippen LogP contribution in [-0.4, -0.2) is 29.5 Å². The average molecular weight is 380 g/mol. The van der Waals surface area contributed by atoms with E-state index in [4.69, 9.17) is 11.6 Å². The molecule has 0 atom stereocenters. The van der Waals surface area contributed by atoms with Crippen LogP contribution in [0.2, 0.25) is 5.02 Å². The second kappa shape index (κ2) is 8.50. The molecule has 0 aliphatic heterocycles. The number of carbonyl (C=O) groups is 2. The SMILES string of the molecule is CSc1ccc([N+](=O)[O-])c(C(=O)NCC(=O)Nc2ccc(Cl)cc2)c1. The van der Waals surface area contributed by atoms with E-state index in [0.717, 1.165) is 0 Å². The van der Waals surface area contributed by atoms with E-state index in [2.05, 4.69) is 10.6 Å². The van der Waals surface area contributed by atoms with Gasteiger partial charge in [-0.15, -0.1) is 11.8 Å². The highest BCUT2D eigenvalue weighted by Gasteiger charge is 2.21. The van der Waals surface area contributed by atoms with Gasteiger partial charge in [-0.25, -0.2) is 0 Å². The number of halogens is 1. The molecule has 2 rings (SSSR count). The molecule has 2 N–H and O–H groups in total. The summed E-state index contributed by atoms with van der Waals surface area (Å²) in [5, 5.41) is 16.6. The van der Waals surface area contributed by atoms with Gasteiger partial charge in [0.25, 0.3) is 11.6 Å². The maximum Gasteiger partial charge on any atom is 0.282 e. The van der Waals surface area contributed by atoms with Crippen molar-refractivity contribution in [2.24, 2.45) is 0 Å². The molecule has 130 valence electrons. The Balaban J connectivity index is 2.03. The lowest BCUT2D eigenvalue weighted by molar-refractivity contribution is -0.385. The molecule has 25 heavy (non-hydrogen) atoms. The summed E-state index contributed by atoms with van der Waals surface area (Å²) >= 11 is 7.11. The Labute approximate surface area is 152 Å². The maximum atomic E-state index is 12.2. The number of anilines is 1. The molecule has 0 spiro atoms. The van der Waals surface area contributed by atoms with E-state index in [1.807, 2.05) is 0 Å². The molecule has 0 radical (unpaired) electrons. The van der Waals surface area contributed by atoms with Crippen LogP contribution in [0, 0.1) is 10.1 Å². The second-order valence-electron chi connectivity index (χ2n) is 4.88. The molecule has 0 fully saturated rings. The Morgan fingerprint density at radius 2 is 1.88 bits per heavy atom. The largest absolute Gasteiger partial charge is 0.343 e. The van der Waals surface area contributed by atoms with E-state index in [1.165, 1.54) is 23.9 Å². The minimum Gasteiger partial charge on any atom is -0.343 e. The first kappa shape index (κ1) is 18.8. The third-order valence-electron chi connectivity index (χ3n) is 3.18. The molecule has 2 aromatic carbocycles. The number of nitro groups is 1. The zero-order chi connectivity index (χ0) is 18.4. The molecule has 0 saturated carbocycles. The number of hydrogen-bond acceptors (Lipinski definition) is 5. The van der Waals surface area contributed by atoms with Crippen LogP contribution in [0.4, 0.5) is 11.4 Å². The Morgan fingerprint density at radius 3 is 2.48 bits per heavy atom. The van der Waals surface area contributed by atoms with Crippen molar-refractivity contribution >= 4 is 46.6 Å². The van der Waals surface area contributed by atoms with E-state index in [0.29, 0.717) is 15.6 Å². The molecule has 0 aromatic heterocycles. The Bertz CT molecular complexity index is 812. The lowest BCUT2D eigenvalue weighted by Crippen LogP contribution is -2.33. The van der Waals surface area contributed by atoms with Gasteiger partial charge in [0, 0.05) is 21.7 Å². The third kappa shape index (κ3) is 5.20. The summed E-state index contributed by atoms with van der Waals surface area (Å²) in [4.78, 5) is 35.2. The zero-order valence-corrected chi connectivity index (χ0v) is 14.7. The fourth-order valence-corrected chi connectivity index (χ4v) is 2.54. The van der Waals surface area contributed by atoms with Gasteiger partial charge in [-0.2, -0.15) is 0 Å². The Hall–Kier alpha value is -2.58. The van der Waals surface area contributed by atoms with Crippen LogP contribution in [-0.2, 0) is 4.79 Å². The summed E-state index contributed by atoms with van der Waals surface area (Å²) in [6.45, 7) is -0.317. The highest BCUT2D eigenvalue weighted by molar-refractivity contribution is 7.98. The molecule has 0 heterocycles. The van der Waals surface area contributed by atoms with Crippen molar-refractivity contribution in [1.29, 1.82) is 0 Å². The first-order valence-electron chi connectivity index (χ1n) is 7.06. The average Bonchev–Trinajstić information content (AvgIpc) is 2.61. The van der Waals surface area contributed by atoms with Gasteiger partial charge < -0.3 is 10.6 Å². The highest BCUT2D eigenvalue weighted by atomic mass is 35.5. The monoisotopic (exact) mass is 379 g/mol. The summed E-state index contributed by atoms with van der Waals surface area (Å²) < 4.78 is 0. The van der Waals surface area contributed by atoms with Crippen molar-refractivity contribution in [3.8, 4) is 0 Å². The van der Waals surface area contributed by atoms with Crippen molar-refractivity contribution < 1.29 is 14.5 Å². The summed E-state index contributed by atoms with van der Waals surface area (Å²) in [6, 6.07) is 10.7. The van der Waals surface area contributed by atoms with Crippen molar-refractivity contribution in [2.45, 2.75) is 4.90 Å². The van der Waals surface area contributed by atoms with E-state index in [9.17, 15) is 19.7 Å². The Morgan fingerprint density at radius 1 is 1.20 bits per heavy atom. The number of hydrogen-bond donors (Lipinski definition) is 2. The predicted molar refractivity (Wildman–Crippen MR) is 97.3 cm³/mol. The fourth-order valence-electron chi connectivity index (χ4n) is 1.98. The molecule has 0 saturated heterocycles. The smallest absolute Gasteiger partial charge is 0.282 e. The van der Waals surface area contributed by atoms with Gasteiger partial charge in [0.15, 0.2) is 0 Å². The maximum absolute atomic E-state index is 12.2. The minimum atomic E-state index is -0.686. The molecule has 0 aliphatic rings. The lowest BCUT2D eigenvalue weighted by Gasteiger charge is -2.08. The number of benzene rings is 2. The lowest BCUT2D eigenvalue weighted by atomic mass is 10.1. The van der Waals surface area contributed by atoms with Crippen molar-refractivity contribution in [3.05, 3.63) is 63.2 Å². The van der Waals surface area contributed by atoms with Crippen LogP contribution in [0.25, 0.3) is 0 Å². The van der Waals surface area contributed by atoms with Crippen molar-refractivity contribution in [1.82, 2.24) is 5.32 Å². The summed E-state index contributed by atoms with van der Waals surface area (Å²) in [5.74, 6) is -1.15. The van der Waals surface area contributed by atoms with Crippen LogP contribution >= 0.6 is 23.4 Å². The molecule has 7 nitrogen and oxygen atoms in total. The van der Waals surface area contributed by atoms with Crippen LogP contribution in [0.3, 0.4) is 0 Å². The van der Waals surface area contributed by atoms with E-state index in [-0.39, 0.29) is 17.8 Å². The van der Waals surface area contributed by atoms with Gasteiger partial charge in [0.05, 0.1) is 11.5 Å². The summed E-state index contributed by atoms with van der Waals surface area (Å²) in [5.41, 5.74) is 0.128. The van der Waals surface area contributed by atoms with E-state index in [1.54, 1.807) is 36.6 Å². The number of amides is 2. The number of nitrogens with one attached hydrogen (secondary N) is 2. The zero-order valence-electron chi connectivity index (χ0n) is 13.1. The van der Waals surface area contributed by atoms with Gasteiger partial charge in [0.1, 0.15) is 5.56 Å². The van der Waals surface area contributed by atoms with E-state index < -0.39 is 16.7 Å². The molecule has 0 unspecified atom stereocenters. The summed E-state index contributed by atoms with van der Waals surface area (Å²) in [6.07, 6.45) is 1.79. The molecular formula is C16H14ClN3O4S. The van der Waals surface area contributed by atoms with Crippen LogP contribution in [0.5, 0.6) is 0 Å². The topological polar surface area (TPSA) is 101 Å². The molecule has 2 amide bonds. The standard InChI is InChI=1S/C16H14ClN3O4S/c1-25-12-6-7-14(20(23)24)13(8-12)16(22)18-9-15(21)19-11-4-2-10(17)3-5-11/h2-8H,9H2,1H3,(H,18,22)(H,19,21). The predicted octanol–water partition coefficient (Wildman–Crippen LogP) is 3.34. The van der Waals surface area contributed by atoms with Gasteiger partial charge in [-0.1, -0.05) is 11.6 Å². The second-order valence-corrected chi connectivity index (χ2v) is 6.19. The fraction of sp³-hybridized carbons (Fsp3) is 0.125. The summed E-state index contributed by atoms with van der Waals surface area (Å²) in [7, 11) is 0. The van der Waals surface area contributed by atoms with Crippen molar-refractivity contribution in [3.63, 3.8) is 0 Å². The Kier molecular flexibility index (Phi) is 6.37. The number of thioether (sulfide) groups is 1. The first-order valence-corrected chi connectivity index (χ1v) is 8.67.